The van der Waals surface area contributed by atoms with Crippen molar-refractivity contribution in [1.82, 2.24) is 15.0 Å². The van der Waals surface area contributed by atoms with E-state index in [0.29, 0.717) is 11.5 Å². The molecule has 1 aromatic heterocycles. The second-order valence-corrected chi connectivity index (χ2v) is 4.47. The van der Waals surface area contributed by atoms with Crippen LogP contribution in [0, 0.1) is 0 Å². The van der Waals surface area contributed by atoms with E-state index in [1.807, 2.05) is 22.9 Å². The van der Waals surface area contributed by atoms with Gasteiger partial charge in [-0.2, -0.15) is 0 Å². The molecule has 6 nitrogen and oxygen atoms in total. The van der Waals surface area contributed by atoms with Crippen LogP contribution in [-0.2, 0) is 6.54 Å². The minimum absolute atomic E-state index is 0.295. The molecule has 0 amide bonds. The average molecular weight is 276 g/mol. The molecule has 1 heterocycles. The largest absolute Gasteiger partial charge is 0.493 e. The molecule has 108 valence electrons. The number of nitrogens with zero attached hydrogens (tertiary/aromatic N) is 3. The molecule has 0 radical (unpaired) electrons. The van der Waals surface area contributed by atoms with Gasteiger partial charge in [0.1, 0.15) is 0 Å². The Labute approximate surface area is 118 Å². The minimum Gasteiger partial charge on any atom is -0.493 e. The highest BCUT2D eigenvalue weighted by Crippen LogP contribution is 2.31. The smallest absolute Gasteiger partial charge is 0.161 e. The zero-order valence-electron chi connectivity index (χ0n) is 12.0. The Bertz CT molecular complexity index is 568. The summed E-state index contributed by atoms with van der Waals surface area (Å²) in [6.07, 6.45) is 2.69. The molecule has 6 heteroatoms. The van der Waals surface area contributed by atoms with E-state index in [9.17, 15) is 0 Å². The van der Waals surface area contributed by atoms with Crippen molar-refractivity contribution in [2.24, 2.45) is 5.73 Å². The number of ether oxygens (including phenoxy) is 2. The fraction of sp³-hybridized carbons (Fsp3) is 0.429. The van der Waals surface area contributed by atoms with Gasteiger partial charge in [0, 0.05) is 6.54 Å². The summed E-state index contributed by atoms with van der Waals surface area (Å²) in [4.78, 5) is 0. The van der Waals surface area contributed by atoms with Crippen LogP contribution in [0.3, 0.4) is 0 Å². The van der Waals surface area contributed by atoms with Crippen molar-refractivity contribution in [3.63, 3.8) is 0 Å². The molecule has 0 spiro atoms. The van der Waals surface area contributed by atoms with Crippen LogP contribution in [0.2, 0.25) is 0 Å². The molecule has 0 saturated heterocycles. The number of aryl methyl sites for hydroxylation is 1. The fourth-order valence-corrected chi connectivity index (χ4v) is 2.11. The topological polar surface area (TPSA) is 75.2 Å². The number of methoxy groups -OCH3 is 2. The highest BCUT2D eigenvalue weighted by molar-refractivity contribution is 5.45. The molecule has 1 unspecified atom stereocenters. The average Bonchev–Trinajstić information content (AvgIpc) is 2.94. The number of hydrogen-bond acceptors (Lipinski definition) is 5. The van der Waals surface area contributed by atoms with Crippen LogP contribution in [0.25, 0.3) is 0 Å². The number of nitrogens with two attached hydrogens (primary N) is 1. The molecule has 1 aromatic carbocycles. The zero-order valence-corrected chi connectivity index (χ0v) is 12.0. The predicted octanol–water partition coefficient (Wildman–Crippen LogP) is 1.75. The lowest BCUT2D eigenvalue weighted by molar-refractivity contribution is 0.354. The van der Waals surface area contributed by atoms with E-state index >= 15 is 0 Å². The molecule has 0 fully saturated rings. The van der Waals surface area contributed by atoms with Crippen LogP contribution in [0.4, 0.5) is 0 Å². The Morgan fingerprint density at radius 2 is 2.00 bits per heavy atom. The first-order chi connectivity index (χ1) is 9.71. The summed E-state index contributed by atoms with van der Waals surface area (Å²) < 4.78 is 12.4. The Kier molecular flexibility index (Phi) is 4.57. The van der Waals surface area contributed by atoms with E-state index in [0.717, 1.165) is 24.2 Å². The summed E-state index contributed by atoms with van der Waals surface area (Å²) in [6, 6.07) is 5.36. The first-order valence-corrected chi connectivity index (χ1v) is 6.57. The van der Waals surface area contributed by atoms with Gasteiger partial charge in [-0.25, -0.2) is 4.68 Å². The molecule has 0 saturated carbocycles. The fourth-order valence-electron chi connectivity index (χ4n) is 2.11. The maximum Gasteiger partial charge on any atom is 0.161 e. The molecule has 2 rings (SSSR count). The van der Waals surface area contributed by atoms with Gasteiger partial charge in [0.15, 0.2) is 11.5 Å². The van der Waals surface area contributed by atoms with Gasteiger partial charge in [-0.15, -0.1) is 5.10 Å². The lowest BCUT2D eigenvalue weighted by atomic mass is 10.0. The number of rotatable bonds is 6. The van der Waals surface area contributed by atoms with Crippen LogP contribution >= 0.6 is 0 Å². The zero-order chi connectivity index (χ0) is 14.5. The van der Waals surface area contributed by atoms with E-state index in [-0.39, 0.29) is 6.04 Å². The summed E-state index contributed by atoms with van der Waals surface area (Å²) in [5.41, 5.74) is 8.13. The quantitative estimate of drug-likeness (QED) is 0.870. The molecule has 0 bridgehead atoms. The van der Waals surface area contributed by atoms with Gasteiger partial charge >= 0.3 is 0 Å². The lowest BCUT2D eigenvalue weighted by Crippen LogP contribution is -2.17. The normalized spacial score (nSPS) is 12.2. The van der Waals surface area contributed by atoms with Gasteiger partial charge in [0.05, 0.1) is 32.2 Å². The molecule has 1 atom stereocenters. The molecule has 2 aromatic rings. The van der Waals surface area contributed by atoms with Gasteiger partial charge in [-0.3, -0.25) is 0 Å². The van der Waals surface area contributed by atoms with Gasteiger partial charge in [-0.1, -0.05) is 18.2 Å². The predicted molar refractivity (Wildman–Crippen MR) is 75.9 cm³/mol. The third-order valence-electron chi connectivity index (χ3n) is 3.17. The van der Waals surface area contributed by atoms with Gasteiger partial charge in [-0.05, 0) is 24.1 Å². The van der Waals surface area contributed by atoms with Crippen LogP contribution in [0.1, 0.15) is 30.6 Å². The monoisotopic (exact) mass is 276 g/mol. The first kappa shape index (κ1) is 14.3. The molecule has 20 heavy (non-hydrogen) atoms. The second-order valence-electron chi connectivity index (χ2n) is 4.47. The second kappa shape index (κ2) is 6.38. The van der Waals surface area contributed by atoms with Crippen molar-refractivity contribution in [2.75, 3.05) is 14.2 Å². The SMILES string of the molecule is CCCn1nncc1C(N)c1ccc(OC)c(OC)c1. The van der Waals surface area contributed by atoms with Gasteiger partial charge in [0.25, 0.3) is 0 Å². The first-order valence-electron chi connectivity index (χ1n) is 6.57. The van der Waals surface area contributed by atoms with Crippen LogP contribution in [0.5, 0.6) is 11.5 Å². The number of benzene rings is 1. The van der Waals surface area contributed by atoms with Crippen molar-refractivity contribution < 1.29 is 9.47 Å². The summed E-state index contributed by atoms with van der Waals surface area (Å²) in [5, 5.41) is 8.00. The van der Waals surface area contributed by atoms with Crippen LogP contribution < -0.4 is 15.2 Å². The number of hydrogen-bond donors (Lipinski definition) is 1. The highest BCUT2D eigenvalue weighted by Gasteiger charge is 2.16. The van der Waals surface area contributed by atoms with E-state index in [1.165, 1.54) is 0 Å². The Morgan fingerprint density at radius 1 is 1.25 bits per heavy atom. The van der Waals surface area contributed by atoms with Crippen molar-refractivity contribution in [2.45, 2.75) is 25.9 Å². The van der Waals surface area contributed by atoms with Crippen LogP contribution in [0.15, 0.2) is 24.4 Å². The summed E-state index contributed by atoms with van der Waals surface area (Å²) in [6.45, 7) is 2.89. The van der Waals surface area contributed by atoms with Gasteiger partial charge in [0.2, 0.25) is 0 Å². The Balaban J connectivity index is 2.32. The standard InChI is InChI=1S/C14H20N4O2/c1-4-7-18-11(9-16-17-18)14(15)10-5-6-12(19-2)13(8-10)20-3/h5-6,8-9,14H,4,7,15H2,1-3H3. The third-order valence-corrected chi connectivity index (χ3v) is 3.17. The Hall–Kier alpha value is -2.08. The lowest BCUT2D eigenvalue weighted by Gasteiger charge is -2.15. The molecule has 0 aliphatic carbocycles. The summed E-state index contributed by atoms with van der Waals surface area (Å²) in [7, 11) is 3.22. The van der Waals surface area contributed by atoms with E-state index < -0.39 is 0 Å². The summed E-state index contributed by atoms with van der Waals surface area (Å²) >= 11 is 0. The maximum absolute atomic E-state index is 6.31. The molecule has 0 aliphatic rings. The third kappa shape index (κ3) is 2.75. The maximum atomic E-state index is 6.31. The molecule has 2 N–H and O–H groups in total. The van der Waals surface area contributed by atoms with Crippen molar-refractivity contribution in [3.05, 3.63) is 35.7 Å². The molecular weight excluding hydrogens is 256 g/mol. The van der Waals surface area contributed by atoms with Crippen molar-refractivity contribution in [1.29, 1.82) is 0 Å². The Morgan fingerprint density at radius 3 is 2.65 bits per heavy atom. The van der Waals surface area contributed by atoms with Crippen molar-refractivity contribution >= 4 is 0 Å². The summed E-state index contributed by atoms with van der Waals surface area (Å²) in [5.74, 6) is 1.35. The van der Waals surface area contributed by atoms with Gasteiger partial charge < -0.3 is 15.2 Å². The highest BCUT2D eigenvalue weighted by atomic mass is 16.5. The minimum atomic E-state index is -0.295. The van der Waals surface area contributed by atoms with Crippen molar-refractivity contribution in [3.8, 4) is 11.5 Å². The molecule has 0 aliphatic heterocycles. The van der Waals surface area contributed by atoms with Crippen LogP contribution in [-0.4, -0.2) is 29.2 Å². The van der Waals surface area contributed by atoms with E-state index in [4.69, 9.17) is 15.2 Å². The molecular formula is C14H20N4O2. The van der Waals surface area contributed by atoms with E-state index in [2.05, 4.69) is 17.2 Å². The van der Waals surface area contributed by atoms with E-state index in [1.54, 1.807) is 20.4 Å². The number of aromatic nitrogens is 3.